The van der Waals surface area contributed by atoms with Gasteiger partial charge in [-0.2, -0.15) is 0 Å². The molecule has 72 valence electrons. The van der Waals surface area contributed by atoms with Crippen molar-refractivity contribution in [1.82, 2.24) is 5.32 Å². The van der Waals surface area contributed by atoms with Crippen molar-refractivity contribution in [3.8, 4) is 0 Å². The number of imide groups is 1. The van der Waals surface area contributed by atoms with Crippen LogP contribution < -0.4 is 5.32 Å². The third kappa shape index (κ3) is 0.527. The number of rotatable bonds is 0. The van der Waals surface area contributed by atoms with Crippen molar-refractivity contribution in [3.05, 3.63) is 12.2 Å². The van der Waals surface area contributed by atoms with Gasteiger partial charge in [0.2, 0.25) is 11.8 Å². The molecule has 3 heteroatoms. The Bertz CT molecular complexity index is 362. The molecule has 4 atom stereocenters. The van der Waals surface area contributed by atoms with Crippen molar-refractivity contribution in [1.29, 1.82) is 0 Å². The summed E-state index contributed by atoms with van der Waals surface area (Å²) in [6, 6.07) is 0. The highest BCUT2D eigenvalue weighted by atomic mass is 16.2. The van der Waals surface area contributed by atoms with E-state index in [2.05, 4.69) is 17.5 Å². The number of fused-ring (bicyclic) bond motifs is 3. The molecule has 14 heavy (non-hydrogen) atoms. The highest BCUT2D eigenvalue weighted by molar-refractivity contribution is 6.06. The van der Waals surface area contributed by atoms with Gasteiger partial charge in [0.05, 0.1) is 11.8 Å². The fraction of sp³-hybridized carbons (Fsp3) is 0.636. The maximum Gasteiger partial charge on any atom is 0.231 e. The van der Waals surface area contributed by atoms with Crippen molar-refractivity contribution in [2.45, 2.75) is 12.8 Å². The monoisotopic (exact) mass is 189 g/mol. The largest absolute Gasteiger partial charge is 0.296 e. The zero-order valence-electron chi connectivity index (χ0n) is 7.69. The number of allylic oxidation sites excluding steroid dienone is 2. The minimum Gasteiger partial charge on any atom is -0.296 e. The first-order valence-corrected chi connectivity index (χ1v) is 5.27. The van der Waals surface area contributed by atoms with Gasteiger partial charge in [-0.3, -0.25) is 14.9 Å². The quantitative estimate of drug-likeness (QED) is 0.445. The first kappa shape index (κ1) is 7.21. The van der Waals surface area contributed by atoms with Gasteiger partial charge in [-0.05, 0) is 30.1 Å². The second-order valence-corrected chi connectivity index (χ2v) is 5.07. The summed E-state index contributed by atoms with van der Waals surface area (Å²) in [5.41, 5.74) is 0.336. The Labute approximate surface area is 81.5 Å². The standard InChI is InChI=1S/C11H11NO2/c13-9-7-5-1-2-6(11(5)3-4-11)8(7)10(14)12-9/h1-2,5-8H,3-4H2,(H,12,13,14)/t5-,6-,7-,8-/m1/s1. The first-order valence-electron chi connectivity index (χ1n) is 5.27. The van der Waals surface area contributed by atoms with E-state index in [1.165, 1.54) is 12.8 Å². The van der Waals surface area contributed by atoms with Crippen LogP contribution in [0.25, 0.3) is 0 Å². The predicted octanol–water partition coefficient (Wildman–Crippen LogP) is 0.471. The van der Waals surface area contributed by atoms with E-state index >= 15 is 0 Å². The van der Waals surface area contributed by atoms with Crippen molar-refractivity contribution in [2.75, 3.05) is 0 Å². The average Bonchev–Trinajstić information content (AvgIpc) is 2.72. The summed E-state index contributed by atoms with van der Waals surface area (Å²) in [6.07, 6.45) is 6.78. The summed E-state index contributed by atoms with van der Waals surface area (Å²) in [4.78, 5) is 23.2. The highest BCUT2D eigenvalue weighted by Gasteiger charge is 2.71. The maximum absolute atomic E-state index is 11.6. The molecular weight excluding hydrogens is 178 g/mol. The van der Waals surface area contributed by atoms with Gasteiger partial charge in [0, 0.05) is 0 Å². The molecule has 1 saturated heterocycles. The Kier molecular flexibility index (Phi) is 0.932. The van der Waals surface area contributed by atoms with E-state index in [4.69, 9.17) is 0 Å². The molecule has 0 aromatic heterocycles. The number of amides is 2. The van der Waals surface area contributed by atoms with E-state index in [9.17, 15) is 9.59 Å². The van der Waals surface area contributed by atoms with E-state index in [0.29, 0.717) is 17.3 Å². The van der Waals surface area contributed by atoms with Crippen LogP contribution in [0.15, 0.2) is 12.2 Å². The Balaban J connectivity index is 1.89. The van der Waals surface area contributed by atoms with Gasteiger partial charge in [0.1, 0.15) is 0 Å². The molecule has 4 rings (SSSR count). The Morgan fingerprint density at radius 2 is 1.57 bits per heavy atom. The van der Waals surface area contributed by atoms with E-state index in [1.807, 2.05) is 0 Å². The van der Waals surface area contributed by atoms with Crippen LogP contribution in [-0.4, -0.2) is 11.8 Å². The molecule has 2 bridgehead atoms. The SMILES string of the molecule is O=C1NC(=O)[C@H]2[C@H]1[C@H]1C=C[C@H]2C12CC2. The lowest BCUT2D eigenvalue weighted by Crippen LogP contribution is -2.28. The van der Waals surface area contributed by atoms with E-state index in [1.54, 1.807) is 0 Å². The molecule has 0 aromatic rings. The van der Waals surface area contributed by atoms with Crippen LogP contribution in [0.4, 0.5) is 0 Å². The molecule has 0 radical (unpaired) electrons. The summed E-state index contributed by atoms with van der Waals surface area (Å²) in [7, 11) is 0. The fourth-order valence-electron chi connectivity index (χ4n) is 4.00. The molecular formula is C11H11NO2. The summed E-state index contributed by atoms with van der Waals surface area (Å²) in [6.45, 7) is 0. The van der Waals surface area contributed by atoms with Crippen molar-refractivity contribution >= 4 is 11.8 Å². The van der Waals surface area contributed by atoms with Crippen LogP contribution in [0.2, 0.25) is 0 Å². The lowest BCUT2D eigenvalue weighted by atomic mass is 9.85. The van der Waals surface area contributed by atoms with Crippen LogP contribution in [0, 0.1) is 29.1 Å². The van der Waals surface area contributed by atoms with Gasteiger partial charge < -0.3 is 0 Å². The van der Waals surface area contributed by atoms with Gasteiger partial charge in [-0.1, -0.05) is 12.2 Å². The highest BCUT2D eigenvalue weighted by Crippen LogP contribution is 2.72. The molecule has 2 saturated carbocycles. The molecule has 0 aromatic carbocycles. The third-order valence-corrected chi connectivity index (χ3v) is 4.69. The lowest BCUT2D eigenvalue weighted by molar-refractivity contribution is -0.127. The molecule has 1 heterocycles. The minimum atomic E-state index is -0.0278. The maximum atomic E-state index is 11.6. The number of hydrogen-bond donors (Lipinski definition) is 1. The van der Waals surface area contributed by atoms with Gasteiger partial charge >= 0.3 is 0 Å². The van der Waals surface area contributed by atoms with Crippen LogP contribution in [0.3, 0.4) is 0 Å². The van der Waals surface area contributed by atoms with Crippen LogP contribution in [0.5, 0.6) is 0 Å². The second kappa shape index (κ2) is 1.81. The van der Waals surface area contributed by atoms with E-state index in [0.717, 1.165) is 0 Å². The zero-order chi connectivity index (χ0) is 9.50. The summed E-state index contributed by atoms with van der Waals surface area (Å²) in [5, 5.41) is 2.47. The molecule has 3 nitrogen and oxygen atoms in total. The van der Waals surface area contributed by atoms with Crippen molar-refractivity contribution in [2.24, 2.45) is 29.1 Å². The molecule has 1 N–H and O–H groups in total. The van der Waals surface area contributed by atoms with Gasteiger partial charge in [-0.15, -0.1) is 0 Å². The smallest absolute Gasteiger partial charge is 0.231 e. The lowest BCUT2D eigenvalue weighted by Gasteiger charge is -2.15. The molecule has 3 aliphatic carbocycles. The Morgan fingerprint density at radius 3 is 2.00 bits per heavy atom. The topological polar surface area (TPSA) is 46.2 Å². The number of carbonyl (C=O) groups excluding carboxylic acids is 2. The molecule has 1 spiro atoms. The van der Waals surface area contributed by atoms with E-state index < -0.39 is 0 Å². The predicted molar refractivity (Wildman–Crippen MR) is 47.9 cm³/mol. The summed E-state index contributed by atoms with van der Waals surface area (Å²) < 4.78 is 0. The summed E-state index contributed by atoms with van der Waals surface area (Å²) in [5.74, 6) is 0.624. The van der Waals surface area contributed by atoms with Crippen molar-refractivity contribution < 1.29 is 9.59 Å². The zero-order valence-corrected chi connectivity index (χ0v) is 7.69. The molecule has 3 fully saturated rings. The fourth-order valence-corrected chi connectivity index (χ4v) is 4.00. The molecule has 2 amide bonds. The van der Waals surface area contributed by atoms with Crippen LogP contribution >= 0.6 is 0 Å². The van der Waals surface area contributed by atoms with Gasteiger partial charge in [0.15, 0.2) is 0 Å². The summed E-state index contributed by atoms with van der Waals surface area (Å²) >= 11 is 0. The minimum absolute atomic E-state index is 0.0249. The van der Waals surface area contributed by atoms with Crippen LogP contribution in [-0.2, 0) is 9.59 Å². The van der Waals surface area contributed by atoms with E-state index in [-0.39, 0.29) is 23.7 Å². The first-order chi connectivity index (χ1) is 6.74. The van der Waals surface area contributed by atoms with Gasteiger partial charge in [-0.25, -0.2) is 0 Å². The second-order valence-electron chi connectivity index (χ2n) is 5.07. The Hall–Kier alpha value is -1.12. The molecule has 4 aliphatic rings. The number of hydrogen-bond acceptors (Lipinski definition) is 2. The van der Waals surface area contributed by atoms with Crippen LogP contribution in [0.1, 0.15) is 12.8 Å². The Morgan fingerprint density at radius 1 is 1.07 bits per heavy atom. The molecule has 1 aliphatic heterocycles. The number of nitrogens with one attached hydrogen (secondary N) is 1. The normalized spacial score (nSPS) is 50.0. The third-order valence-electron chi connectivity index (χ3n) is 4.69. The molecule has 0 unspecified atom stereocenters. The average molecular weight is 189 g/mol. The number of carbonyl (C=O) groups is 2. The van der Waals surface area contributed by atoms with Crippen molar-refractivity contribution in [3.63, 3.8) is 0 Å². The van der Waals surface area contributed by atoms with Gasteiger partial charge in [0.25, 0.3) is 0 Å².